The van der Waals surface area contributed by atoms with Crippen LogP contribution in [-0.4, -0.2) is 52.2 Å². The monoisotopic (exact) mass is 373 g/mol. The second kappa shape index (κ2) is 8.08. The number of hydrogen-bond donors (Lipinski definition) is 2. The van der Waals surface area contributed by atoms with E-state index in [1.54, 1.807) is 34.9 Å². The standard InChI is InChI=1S/C15H16BN5O4S/c1-3-21(15-13-14(17-8-18-15)19-9-26-13)20-7-10-4-5-11(25-16(22)23)12(6-10)24-2/h4-9,22-23H,3H2,1-2H3/b20-7+. The van der Waals surface area contributed by atoms with Gasteiger partial charge in [-0.3, -0.25) is 0 Å². The van der Waals surface area contributed by atoms with Crippen molar-refractivity contribution >= 4 is 41.0 Å². The number of ether oxygens (including phenoxy) is 1. The van der Waals surface area contributed by atoms with Crippen LogP contribution in [0.15, 0.2) is 35.1 Å². The third-order valence-corrected chi connectivity index (χ3v) is 4.23. The summed E-state index contributed by atoms with van der Waals surface area (Å²) in [7, 11) is -0.453. The van der Waals surface area contributed by atoms with Gasteiger partial charge in [0.05, 0.1) is 18.8 Å². The summed E-state index contributed by atoms with van der Waals surface area (Å²) < 4.78 is 10.9. The Balaban J connectivity index is 1.86. The fourth-order valence-corrected chi connectivity index (χ4v) is 3.00. The fraction of sp³-hybridized carbons (Fsp3) is 0.200. The van der Waals surface area contributed by atoms with E-state index in [9.17, 15) is 0 Å². The average molecular weight is 373 g/mol. The maximum absolute atomic E-state index is 8.93. The Kier molecular flexibility index (Phi) is 5.61. The molecular formula is C15H16BN5O4S. The van der Waals surface area contributed by atoms with E-state index in [-0.39, 0.29) is 5.75 Å². The lowest BCUT2D eigenvalue weighted by atomic mass is 10.2. The molecule has 0 atom stereocenters. The highest BCUT2D eigenvalue weighted by atomic mass is 32.1. The maximum atomic E-state index is 8.93. The van der Waals surface area contributed by atoms with Crippen LogP contribution in [0.1, 0.15) is 12.5 Å². The van der Waals surface area contributed by atoms with Crippen molar-refractivity contribution in [3.8, 4) is 11.5 Å². The minimum Gasteiger partial charge on any atom is -0.509 e. The minimum absolute atomic E-state index is 0.217. The third kappa shape index (κ3) is 3.90. The lowest BCUT2D eigenvalue weighted by Gasteiger charge is -2.16. The Hall–Kier alpha value is -2.76. The van der Waals surface area contributed by atoms with Gasteiger partial charge in [-0.05, 0) is 30.7 Å². The molecule has 0 unspecified atom stereocenters. The van der Waals surface area contributed by atoms with Crippen molar-refractivity contribution < 1.29 is 19.4 Å². The van der Waals surface area contributed by atoms with Gasteiger partial charge >= 0.3 is 7.32 Å². The molecule has 0 aliphatic carbocycles. The van der Waals surface area contributed by atoms with Gasteiger partial charge in [0.25, 0.3) is 0 Å². The predicted molar refractivity (Wildman–Crippen MR) is 99.6 cm³/mol. The van der Waals surface area contributed by atoms with Crippen LogP contribution in [0.5, 0.6) is 11.5 Å². The molecule has 11 heteroatoms. The second-order valence-electron chi connectivity index (χ2n) is 5.02. The normalized spacial score (nSPS) is 11.1. The van der Waals surface area contributed by atoms with E-state index < -0.39 is 7.32 Å². The molecule has 2 N–H and O–H groups in total. The number of methoxy groups -OCH3 is 1. The Labute approximate surface area is 153 Å². The van der Waals surface area contributed by atoms with Crippen molar-refractivity contribution in [3.63, 3.8) is 0 Å². The first-order valence-electron chi connectivity index (χ1n) is 7.69. The summed E-state index contributed by atoms with van der Waals surface area (Å²) in [6.45, 7) is 2.57. The summed E-state index contributed by atoms with van der Waals surface area (Å²) >= 11 is 1.46. The van der Waals surface area contributed by atoms with Crippen LogP contribution in [0.3, 0.4) is 0 Å². The van der Waals surface area contributed by atoms with Crippen molar-refractivity contribution in [1.29, 1.82) is 0 Å². The number of anilines is 1. The van der Waals surface area contributed by atoms with Gasteiger partial charge in [0.2, 0.25) is 0 Å². The number of rotatable bonds is 7. The van der Waals surface area contributed by atoms with Crippen LogP contribution in [0.4, 0.5) is 5.82 Å². The highest BCUT2D eigenvalue weighted by Crippen LogP contribution is 2.28. The first-order valence-corrected chi connectivity index (χ1v) is 8.57. The van der Waals surface area contributed by atoms with E-state index in [1.807, 2.05) is 6.92 Å². The highest BCUT2D eigenvalue weighted by molar-refractivity contribution is 7.17. The number of hydrogen-bond acceptors (Lipinski definition) is 10. The molecule has 2 heterocycles. The molecule has 0 aliphatic rings. The van der Waals surface area contributed by atoms with Crippen molar-refractivity contribution in [2.45, 2.75) is 6.92 Å². The second-order valence-corrected chi connectivity index (χ2v) is 5.87. The molecule has 0 radical (unpaired) electrons. The van der Waals surface area contributed by atoms with E-state index >= 15 is 0 Å². The SMILES string of the molecule is CCN(/N=C/c1ccc(OB(O)O)c(OC)c1)c1ncnc2ncsc12. The van der Waals surface area contributed by atoms with Crippen molar-refractivity contribution in [2.24, 2.45) is 5.10 Å². The predicted octanol–water partition coefficient (Wildman–Crippen LogP) is 1.30. The molecule has 1 aromatic carbocycles. The minimum atomic E-state index is -1.92. The zero-order valence-corrected chi connectivity index (χ0v) is 14.9. The van der Waals surface area contributed by atoms with Crippen LogP contribution >= 0.6 is 11.3 Å². The largest absolute Gasteiger partial charge is 0.707 e. The van der Waals surface area contributed by atoms with E-state index in [2.05, 4.69) is 20.1 Å². The first-order chi connectivity index (χ1) is 12.6. The summed E-state index contributed by atoms with van der Waals surface area (Å²) in [4.78, 5) is 12.6. The molecule has 26 heavy (non-hydrogen) atoms. The molecule has 0 fully saturated rings. The molecular weight excluding hydrogens is 357 g/mol. The number of nitrogens with zero attached hydrogens (tertiary/aromatic N) is 5. The molecule has 0 saturated carbocycles. The Morgan fingerprint density at radius 3 is 2.85 bits per heavy atom. The van der Waals surface area contributed by atoms with Crippen molar-refractivity contribution in [3.05, 3.63) is 35.6 Å². The Bertz CT molecular complexity index is 920. The molecule has 0 saturated heterocycles. The van der Waals surface area contributed by atoms with Gasteiger partial charge in [0.15, 0.2) is 17.2 Å². The quantitative estimate of drug-likeness (QED) is 0.362. The molecule has 0 amide bonds. The topological polar surface area (TPSA) is 113 Å². The number of aromatic nitrogens is 3. The summed E-state index contributed by atoms with van der Waals surface area (Å²) in [5.74, 6) is 1.26. The number of benzene rings is 1. The molecule has 2 aromatic heterocycles. The van der Waals surface area contributed by atoms with Crippen LogP contribution in [-0.2, 0) is 0 Å². The van der Waals surface area contributed by atoms with E-state index in [1.165, 1.54) is 24.8 Å². The van der Waals surface area contributed by atoms with Gasteiger partial charge in [0.1, 0.15) is 16.8 Å². The number of thiazole rings is 1. The van der Waals surface area contributed by atoms with Gasteiger partial charge in [-0.15, -0.1) is 11.3 Å². The summed E-state index contributed by atoms with van der Waals surface area (Å²) in [5.41, 5.74) is 3.11. The lowest BCUT2D eigenvalue weighted by molar-refractivity contribution is 0.279. The molecule has 134 valence electrons. The zero-order valence-electron chi connectivity index (χ0n) is 14.1. The zero-order chi connectivity index (χ0) is 18.5. The summed E-state index contributed by atoms with van der Waals surface area (Å²) in [5, 5.41) is 24.1. The lowest BCUT2D eigenvalue weighted by Crippen LogP contribution is -2.21. The summed E-state index contributed by atoms with van der Waals surface area (Å²) in [6, 6.07) is 4.97. The van der Waals surface area contributed by atoms with Gasteiger partial charge in [-0.1, -0.05) is 0 Å². The average Bonchev–Trinajstić information content (AvgIpc) is 3.12. The molecule has 3 rings (SSSR count). The van der Waals surface area contributed by atoms with Gasteiger partial charge < -0.3 is 19.4 Å². The summed E-state index contributed by atoms with van der Waals surface area (Å²) in [6.07, 6.45) is 3.12. The molecule has 0 spiro atoms. The van der Waals surface area contributed by atoms with Crippen LogP contribution in [0.2, 0.25) is 0 Å². The molecule has 3 aromatic rings. The van der Waals surface area contributed by atoms with Crippen LogP contribution in [0.25, 0.3) is 10.3 Å². The van der Waals surface area contributed by atoms with Crippen LogP contribution in [0, 0.1) is 0 Å². The highest BCUT2D eigenvalue weighted by Gasteiger charge is 2.15. The molecule has 9 nitrogen and oxygen atoms in total. The Morgan fingerprint density at radius 1 is 1.27 bits per heavy atom. The van der Waals surface area contributed by atoms with Crippen LogP contribution < -0.4 is 14.4 Å². The smallest absolute Gasteiger partial charge is 0.509 e. The van der Waals surface area contributed by atoms with E-state index in [4.69, 9.17) is 19.4 Å². The van der Waals surface area contributed by atoms with Gasteiger partial charge in [0, 0.05) is 6.54 Å². The van der Waals surface area contributed by atoms with E-state index in [0.717, 1.165) is 10.3 Å². The van der Waals surface area contributed by atoms with Crippen molar-refractivity contribution in [1.82, 2.24) is 15.0 Å². The van der Waals surface area contributed by atoms with Gasteiger partial charge in [-0.25, -0.2) is 20.0 Å². The number of fused-ring (bicyclic) bond motifs is 1. The van der Waals surface area contributed by atoms with E-state index in [0.29, 0.717) is 23.8 Å². The fourth-order valence-electron chi connectivity index (χ4n) is 2.26. The first kappa shape index (κ1) is 18.0. The third-order valence-electron chi connectivity index (χ3n) is 3.42. The molecule has 0 bridgehead atoms. The van der Waals surface area contributed by atoms with Crippen molar-refractivity contribution in [2.75, 3.05) is 18.7 Å². The number of hydrazone groups is 1. The molecule has 0 aliphatic heterocycles. The maximum Gasteiger partial charge on any atom is 0.707 e. The van der Waals surface area contributed by atoms with Gasteiger partial charge in [-0.2, -0.15) is 5.10 Å². The Morgan fingerprint density at radius 2 is 2.12 bits per heavy atom.